The van der Waals surface area contributed by atoms with Crippen molar-refractivity contribution in [2.45, 2.75) is 19.4 Å². The number of nitrogens with one attached hydrogen (secondary N) is 1. The highest BCUT2D eigenvalue weighted by atomic mass is 32.1. The first kappa shape index (κ1) is 10.7. The average Bonchev–Trinajstić information content (AvgIpc) is 2.52. The van der Waals surface area contributed by atoms with Crippen molar-refractivity contribution in [2.75, 3.05) is 0 Å². The van der Waals surface area contributed by atoms with Crippen molar-refractivity contribution < 1.29 is 14.7 Å². The molecule has 1 atom stereocenters. The topological polar surface area (TPSA) is 66.4 Å². The number of carbonyl (C=O) groups is 2. The van der Waals surface area contributed by atoms with Gasteiger partial charge in [0.2, 0.25) is 5.91 Å². The molecule has 1 heterocycles. The number of aliphatic carboxylic acids is 1. The van der Waals surface area contributed by atoms with Gasteiger partial charge >= 0.3 is 5.97 Å². The van der Waals surface area contributed by atoms with Gasteiger partial charge in [-0.15, -0.1) is 11.3 Å². The van der Waals surface area contributed by atoms with Gasteiger partial charge in [0.15, 0.2) is 0 Å². The van der Waals surface area contributed by atoms with Crippen molar-refractivity contribution in [3.63, 3.8) is 0 Å². The Morgan fingerprint density at radius 1 is 1.64 bits per heavy atom. The normalized spacial score (nSPS) is 12.1. The summed E-state index contributed by atoms with van der Waals surface area (Å²) in [6.07, 6.45) is -0.0832. The van der Waals surface area contributed by atoms with Crippen LogP contribution in [-0.4, -0.2) is 17.0 Å². The number of amides is 1. The lowest BCUT2D eigenvalue weighted by Crippen LogP contribution is -2.27. The van der Waals surface area contributed by atoms with E-state index in [2.05, 4.69) is 5.32 Å². The Kier molecular flexibility index (Phi) is 3.64. The fourth-order valence-corrected chi connectivity index (χ4v) is 1.91. The van der Waals surface area contributed by atoms with E-state index in [9.17, 15) is 9.59 Å². The Bertz CT molecular complexity index is 305. The van der Waals surface area contributed by atoms with Crippen molar-refractivity contribution in [3.05, 3.63) is 22.4 Å². The third-order valence-corrected chi connectivity index (χ3v) is 2.63. The molecular weight excluding hydrogens is 202 g/mol. The molecule has 0 aliphatic heterocycles. The Morgan fingerprint density at radius 2 is 2.36 bits per heavy atom. The molecule has 0 radical (unpaired) electrons. The summed E-state index contributed by atoms with van der Waals surface area (Å²) in [6, 6.07) is 3.23. The lowest BCUT2D eigenvalue weighted by molar-refractivity contribution is -0.137. The summed E-state index contributed by atoms with van der Waals surface area (Å²) >= 11 is 1.44. The van der Waals surface area contributed by atoms with Crippen LogP contribution in [0.4, 0.5) is 0 Å². The van der Waals surface area contributed by atoms with Gasteiger partial charge in [0, 0.05) is 11.8 Å². The van der Waals surface area contributed by atoms with E-state index >= 15 is 0 Å². The molecule has 1 amide bonds. The number of thiophene rings is 1. The zero-order chi connectivity index (χ0) is 10.6. The van der Waals surface area contributed by atoms with E-state index in [1.165, 1.54) is 18.3 Å². The number of carboxylic acids is 1. The van der Waals surface area contributed by atoms with E-state index in [1.807, 2.05) is 17.5 Å². The summed E-state index contributed by atoms with van der Waals surface area (Å²) in [5.41, 5.74) is 0. The standard InChI is InChI=1S/C9H11NO3S/c1-6(11)10-7(5-9(12)13)8-3-2-4-14-8/h2-4,7H,5H2,1H3,(H,10,11)(H,12,13)/t7-/m1/s1. The monoisotopic (exact) mass is 213 g/mol. The Morgan fingerprint density at radius 3 is 2.79 bits per heavy atom. The summed E-state index contributed by atoms with van der Waals surface area (Å²) in [4.78, 5) is 22.2. The fraction of sp³-hybridized carbons (Fsp3) is 0.333. The van der Waals surface area contributed by atoms with Crippen LogP contribution in [0, 0.1) is 0 Å². The maximum Gasteiger partial charge on any atom is 0.305 e. The van der Waals surface area contributed by atoms with Crippen molar-refractivity contribution in [2.24, 2.45) is 0 Å². The second-order valence-electron chi connectivity index (χ2n) is 2.87. The predicted octanol–water partition coefficient (Wildman–Crippen LogP) is 1.40. The van der Waals surface area contributed by atoms with E-state index in [1.54, 1.807) is 0 Å². The van der Waals surface area contributed by atoms with Crippen LogP contribution in [0.25, 0.3) is 0 Å². The number of hydrogen-bond donors (Lipinski definition) is 2. The molecule has 0 aromatic carbocycles. The third-order valence-electron chi connectivity index (χ3n) is 1.64. The lowest BCUT2D eigenvalue weighted by atomic mass is 10.1. The van der Waals surface area contributed by atoms with E-state index in [4.69, 9.17) is 5.11 Å². The van der Waals surface area contributed by atoms with Crippen molar-refractivity contribution in [1.82, 2.24) is 5.32 Å². The van der Waals surface area contributed by atoms with Gasteiger partial charge in [-0.25, -0.2) is 0 Å². The second-order valence-corrected chi connectivity index (χ2v) is 3.85. The van der Waals surface area contributed by atoms with Gasteiger partial charge in [-0.2, -0.15) is 0 Å². The molecule has 5 heteroatoms. The highest BCUT2D eigenvalue weighted by molar-refractivity contribution is 7.10. The zero-order valence-electron chi connectivity index (χ0n) is 7.69. The van der Waals surface area contributed by atoms with Crippen LogP contribution in [0.3, 0.4) is 0 Å². The minimum absolute atomic E-state index is 0.0832. The van der Waals surface area contributed by atoms with Crippen molar-refractivity contribution >= 4 is 23.2 Å². The van der Waals surface area contributed by atoms with Gasteiger partial charge in [-0.3, -0.25) is 9.59 Å². The maximum absolute atomic E-state index is 10.8. The first-order valence-corrected chi connectivity index (χ1v) is 5.00. The van der Waals surface area contributed by atoms with Gasteiger partial charge in [0.1, 0.15) is 0 Å². The average molecular weight is 213 g/mol. The molecule has 1 aromatic rings. The van der Waals surface area contributed by atoms with E-state index in [-0.39, 0.29) is 12.3 Å². The smallest absolute Gasteiger partial charge is 0.305 e. The quantitative estimate of drug-likeness (QED) is 0.794. The minimum Gasteiger partial charge on any atom is -0.481 e. The first-order chi connectivity index (χ1) is 6.59. The highest BCUT2D eigenvalue weighted by Crippen LogP contribution is 2.21. The molecule has 2 N–H and O–H groups in total. The molecule has 14 heavy (non-hydrogen) atoms. The van der Waals surface area contributed by atoms with Gasteiger partial charge in [0.25, 0.3) is 0 Å². The number of carbonyl (C=O) groups excluding carboxylic acids is 1. The van der Waals surface area contributed by atoms with Crippen molar-refractivity contribution in [1.29, 1.82) is 0 Å². The molecule has 0 spiro atoms. The Balaban J connectivity index is 2.71. The van der Waals surface area contributed by atoms with Crippen LogP contribution in [0.5, 0.6) is 0 Å². The molecule has 0 saturated carbocycles. The second kappa shape index (κ2) is 4.76. The minimum atomic E-state index is -0.919. The fourth-order valence-electron chi connectivity index (χ4n) is 1.13. The molecule has 4 nitrogen and oxygen atoms in total. The first-order valence-electron chi connectivity index (χ1n) is 4.12. The molecule has 0 fully saturated rings. The van der Waals surface area contributed by atoms with Crippen LogP contribution in [-0.2, 0) is 9.59 Å². The summed E-state index contributed by atoms with van der Waals surface area (Å²) in [5, 5.41) is 13.1. The summed E-state index contributed by atoms with van der Waals surface area (Å²) in [7, 11) is 0. The van der Waals surface area contributed by atoms with Gasteiger partial charge in [-0.1, -0.05) is 6.07 Å². The molecule has 1 aromatic heterocycles. The van der Waals surface area contributed by atoms with E-state index in [0.717, 1.165) is 4.88 Å². The van der Waals surface area contributed by atoms with Gasteiger partial charge in [-0.05, 0) is 11.4 Å². The third kappa shape index (κ3) is 3.18. The molecule has 0 saturated heterocycles. The molecule has 1 rings (SSSR count). The van der Waals surface area contributed by atoms with Crippen LogP contribution in [0.2, 0.25) is 0 Å². The summed E-state index contributed by atoms with van der Waals surface area (Å²) in [5.74, 6) is -1.14. The van der Waals surface area contributed by atoms with E-state index < -0.39 is 12.0 Å². The Hall–Kier alpha value is -1.36. The molecule has 0 bridgehead atoms. The van der Waals surface area contributed by atoms with Crippen LogP contribution < -0.4 is 5.32 Å². The van der Waals surface area contributed by atoms with E-state index in [0.29, 0.717) is 0 Å². The molecule has 0 aliphatic carbocycles. The Labute approximate surface area is 85.6 Å². The summed E-state index contributed by atoms with van der Waals surface area (Å²) in [6.45, 7) is 1.38. The van der Waals surface area contributed by atoms with Gasteiger partial charge in [0.05, 0.1) is 12.5 Å². The molecular formula is C9H11NO3S. The predicted molar refractivity (Wildman–Crippen MR) is 53.1 cm³/mol. The van der Waals surface area contributed by atoms with Crippen LogP contribution in [0.1, 0.15) is 24.3 Å². The zero-order valence-corrected chi connectivity index (χ0v) is 8.50. The highest BCUT2D eigenvalue weighted by Gasteiger charge is 2.16. The van der Waals surface area contributed by atoms with Crippen LogP contribution >= 0.6 is 11.3 Å². The number of rotatable bonds is 4. The maximum atomic E-state index is 10.8. The number of carboxylic acid groups (broad SMARTS) is 1. The largest absolute Gasteiger partial charge is 0.481 e. The molecule has 0 aliphatic rings. The van der Waals surface area contributed by atoms with Crippen LogP contribution in [0.15, 0.2) is 17.5 Å². The van der Waals surface area contributed by atoms with Crippen molar-refractivity contribution in [3.8, 4) is 0 Å². The SMILES string of the molecule is CC(=O)N[C@H](CC(=O)O)c1cccs1. The molecule has 0 unspecified atom stereocenters. The number of hydrogen-bond acceptors (Lipinski definition) is 3. The van der Waals surface area contributed by atoms with Gasteiger partial charge < -0.3 is 10.4 Å². The molecule has 76 valence electrons. The lowest BCUT2D eigenvalue weighted by Gasteiger charge is -2.13. The summed E-state index contributed by atoms with van der Waals surface area (Å²) < 4.78 is 0.